The Kier molecular flexibility index (Phi) is 10.1. The highest BCUT2D eigenvalue weighted by Crippen LogP contribution is 2.18. The molecule has 2 atom stereocenters. The molecule has 164 valence electrons. The van der Waals surface area contributed by atoms with Crippen LogP contribution in [0.5, 0.6) is 0 Å². The van der Waals surface area contributed by atoms with Crippen molar-refractivity contribution >= 4 is 29.8 Å². The zero-order valence-electron chi connectivity index (χ0n) is 16.2. The van der Waals surface area contributed by atoms with E-state index < -0.39 is 41.9 Å². The highest BCUT2D eigenvalue weighted by atomic mass is 16.6. The van der Waals surface area contributed by atoms with Crippen LogP contribution in [0.3, 0.4) is 0 Å². The summed E-state index contributed by atoms with van der Waals surface area (Å²) in [5.41, 5.74) is 11.6. The summed E-state index contributed by atoms with van der Waals surface area (Å²) in [4.78, 5) is 54.5. The fraction of sp³-hybridized carbons (Fsp3) is 0.421. The van der Waals surface area contributed by atoms with Gasteiger partial charge in [0.15, 0.2) is 0 Å². The third kappa shape index (κ3) is 7.97. The van der Waals surface area contributed by atoms with Crippen LogP contribution in [0.4, 0.5) is 0 Å². The van der Waals surface area contributed by atoms with E-state index in [-0.39, 0.29) is 12.8 Å². The Hall–Kier alpha value is -3.31. The van der Waals surface area contributed by atoms with Crippen LogP contribution in [-0.4, -0.2) is 58.6 Å². The number of unbranched alkanes of at least 4 members (excludes halogenated alkanes) is 1. The van der Waals surface area contributed by atoms with Crippen molar-refractivity contribution in [1.82, 2.24) is 5.32 Å². The number of rotatable bonds is 10. The van der Waals surface area contributed by atoms with Crippen molar-refractivity contribution in [2.45, 2.75) is 44.2 Å². The lowest BCUT2D eigenvalue weighted by molar-refractivity contribution is -0.143. The van der Waals surface area contributed by atoms with Gasteiger partial charge in [0.1, 0.15) is 6.04 Å². The van der Waals surface area contributed by atoms with Gasteiger partial charge in [-0.15, -0.1) is 0 Å². The summed E-state index contributed by atoms with van der Waals surface area (Å²) >= 11 is 0. The smallest absolute Gasteiger partial charge is 0.346 e. The Labute approximate surface area is 172 Å². The van der Waals surface area contributed by atoms with Crippen LogP contribution < -0.4 is 16.8 Å². The number of hydrogen-bond donors (Lipinski definition) is 5. The van der Waals surface area contributed by atoms with Gasteiger partial charge in [-0.3, -0.25) is 9.59 Å². The minimum atomic E-state index is -1.27. The van der Waals surface area contributed by atoms with E-state index in [1.54, 1.807) is 24.3 Å². The first-order valence-electron chi connectivity index (χ1n) is 9.23. The minimum absolute atomic E-state index is 0.175. The quantitative estimate of drug-likeness (QED) is 0.192. The van der Waals surface area contributed by atoms with Crippen molar-refractivity contribution in [2.24, 2.45) is 11.5 Å². The largest absolute Gasteiger partial charge is 0.481 e. The van der Waals surface area contributed by atoms with Crippen LogP contribution in [0, 0.1) is 0 Å². The molecule has 0 aromatic heterocycles. The third-order valence-corrected chi connectivity index (χ3v) is 4.12. The monoisotopic (exact) mass is 423 g/mol. The summed E-state index contributed by atoms with van der Waals surface area (Å²) < 4.78 is 4.35. The van der Waals surface area contributed by atoms with Crippen molar-refractivity contribution in [3.05, 3.63) is 35.4 Å². The zero-order valence-corrected chi connectivity index (χ0v) is 16.2. The van der Waals surface area contributed by atoms with Crippen LogP contribution in [0.25, 0.3) is 0 Å². The Morgan fingerprint density at radius 3 is 2.03 bits per heavy atom. The number of aliphatic carboxylic acids is 2. The van der Waals surface area contributed by atoms with Gasteiger partial charge in [-0.25, -0.2) is 14.4 Å². The summed E-state index contributed by atoms with van der Waals surface area (Å²) in [6.07, 6.45) is 1.32. The molecule has 7 N–H and O–H groups in total. The van der Waals surface area contributed by atoms with Gasteiger partial charge in [-0.1, -0.05) is 18.6 Å². The molecule has 0 fully saturated rings. The lowest BCUT2D eigenvalue weighted by Crippen LogP contribution is -2.48. The molecule has 1 heterocycles. The number of amides is 1. The van der Waals surface area contributed by atoms with E-state index in [4.69, 9.17) is 21.7 Å². The van der Waals surface area contributed by atoms with Crippen molar-refractivity contribution in [1.29, 1.82) is 0 Å². The van der Waals surface area contributed by atoms with Crippen LogP contribution in [0.2, 0.25) is 0 Å². The van der Waals surface area contributed by atoms with Crippen LogP contribution in [-0.2, 0) is 19.1 Å². The predicted molar refractivity (Wildman–Crippen MR) is 104 cm³/mol. The molecule has 2 unspecified atom stereocenters. The Morgan fingerprint density at radius 1 is 1.00 bits per heavy atom. The molecule has 0 saturated heterocycles. The number of nitrogens with two attached hydrogens (primary N) is 2. The molecule has 2 rings (SSSR count). The van der Waals surface area contributed by atoms with Gasteiger partial charge in [0.05, 0.1) is 17.2 Å². The Morgan fingerprint density at radius 2 is 1.57 bits per heavy atom. The summed E-state index contributed by atoms with van der Waals surface area (Å²) in [7, 11) is 0. The number of esters is 2. The number of carbonyl (C=O) groups is 5. The molecular weight excluding hydrogens is 398 g/mol. The second-order valence-electron chi connectivity index (χ2n) is 6.45. The van der Waals surface area contributed by atoms with Crippen molar-refractivity contribution in [2.75, 3.05) is 6.54 Å². The highest BCUT2D eigenvalue weighted by Gasteiger charge is 2.28. The molecule has 1 aromatic carbocycles. The SMILES string of the molecule is NCCCCC(N)C(=O)NC(CCC(=O)O)C(=O)O.O=C1OC(=O)c2ccccc21. The predicted octanol–water partition coefficient (Wildman–Crippen LogP) is -0.126. The Balaban J connectivity index is 0.000000340. The molecular formula is C19H25N3O8. The molecule has 0 bridgehead atoms. The van der Waals surface area contributed by atoms with E-state index in [0.29, 0.717) is 30.5 Å². The molecule has 1 aliphatic rings. The van der Waals surface area contributed by atoms with Crippen molar-refractivity contribution in [3.8, 4) is 0 Å². The topological polar surface area (TPSA) is 199 Å². The highest BCUT2D eigenvalue weighted by molar-refractivity contribution is 6.14. The maximum atomic E-state index is 11.6. The fourth-order valence-electron chi connectivity index (χ4n) is 2.48. The molecule has 0 radical (unpaired) electrons. The number of hydrogen-bond acceptors (Lipinski definition) is 8. The number of carboxylic acids is 2. The molecule has 0 aliphatic carbocycles. The maximum absolute atomic E-state index is 11.6. The maximum Gasteiger partial charge on any atom is 0.346 e. The number of fused-ring (bicyclic) bond motifs is 1. The average molecular weight is 423 g/mol. The van der Waals surface area contributed by atoms with Gasteiger partial charge in [-0.05, 0) is 37.9 Å². The standard InChI is InChI=1S/C11H21N3O5.C8H4O3/c12-6-2-1-3-7(13)10(17)14-8(11(18)19)4-5-9(15)16;9-7-5-3-1-2-4-6(5)8(10)11-7/h7-8H,1-6,12-13H2,(H,14,17)(H,15,16)(H,18,19);1-4H. The number of carbonyl (C=O) groups excluding carboxylic acids is 3. The van der Waals surface area contributed by atoms with E-state index in [2.05, 4.69) is 10.1 Å². The first kappa shape index (κ1) is 24.7. The first-order valence-corrected chi connectivity index (χ1v) is 9.23. The number of carboxylic acid groups (broad SMARTS) is 2. The van der Waals surface area contributed by atoms with E-state index in [9.17, 15) is 24.0 Å². The van der Waals surface area contributed by atoms with Crippen LogP contribution in [0.15, 0.2) is 24.3 Å². The van der Waals surface area contributed by atoms with Crippen molar-refractivity contribution < 1.29 is 38.9 Å². The van der Waals surface area contributed by atoms with Gasteiger partial charge in [0, 0.05) is 6.42 Å². The molecule has 1 aliphatic heterocycles. The second kappa shape index (κ2) is 12.3. The van der Waals surface area contributed by atoms with Crippen molar-refractivity contribution in [3.63, 3.8) is 0 Å². The average Bonchev–Trinajstić information content (AvgIpc) is 2.99. The van der Waals surface area contributed by atoms with Crippen LogP contribution in [0.1, 0.15) is 52.8 Å². The molecule has 0 saturated carbocycles. The molecule has 11 nitrogen and oxygen atoms in total. The molecule has 11 heteroatoms. The number of benzene rings is 1. The summed E-state index contributed by atoms with van der Waals surface area (Å²) in [5, 5.41) is 19.6. The van der Waals surface area contributed by atoms with E-state index in [0.717, 1.165) is 6.42 Å². The summed E-state index contributed by atoms with van der Waals surface area (Å²) in [5.74, 6) is -4.08. The van der Waals surface area contributed by atoms with E-state index in [1.165, 1.54) is 0 Å². The Bertz CT molecular complexity index is 763. The minimum Gasteiger partial charge on any atom is -0.481 e. The first-order chi connectivity index (χ1) is 14.2. The fourth-order valence-corrected chi connectivity index (χ4v) is 2.48. The third-order valence-electron chi connectivity index (χ3n) is 4.12. The van der Waals surface area contributed by atoms with Gasteiger partial charge in [-0.2, -0.15) is 0 Å². The van der Waals surface area contributed by atoms with Gasteiger partial charge in [0.2, 0.25) is 5.91 Å². The molecule has 0 spiro atoms. The van der Waals surface area contributed by atoms with Gasteiger partial charge >= 0.3 is 23.9 Å². The molecule has 30 heavy (non-hydrogen) atoms. The summed E-state index contributed by atoms with van der Waals surface area (Å²) in [6, 6.07) is 4.49. The van der Waals surface area contributed by atoms with Crippen LogP contribution >= 0.6 is 0 Å². The lowest BCUT2D eigenvalue weighted by Gasteiger charge is -2.17. The normalized spacial score (nSPS) is 13.9. The number of cyclic esters (lactones) is 2. The second-order valence-corrected chi connectivity index (χ2v) is 6.45. The molecule has 1 amide bonds. The zero-order chi connectivity index (χ0) is 22.7. The molecule has 1 aromatic rings. The number of nitrogens with one attached hydrogen (secondary N) is 1. The number of ether oxygens (including phenoxy) is 1. The summed E-state index contributed by atoms with van der Waals surface area (Å²) in [6.45, 7) is 0.505. The van der Waals surface area contributed by atoms with E-state index >= 15 is 0 Å². The lowest BCUT2D eigenvalue weighted by atomic mass is 10.1. The van der Waals surface area contributed by atoms with Gasteiger partial charge in [0.25, 0.3) is 0 Å². The van der Waals surface area contributed by atoms with E-state index in [1.807, 2.05) is 0 Å². The van der Waals surface area contributed by atoms with Gasteiger partial charge < -0.3 is 31.7 Å².